The number of Topliss-reactive ketones (excluding diaryl/α,β-unsaturated/α-hetero) is 1. The Balaban J connectivity index is 2.06. The fourth-order valence-electron chi connectivity index (χ4n) is 1.74. The van der Waals surface area contributed by atoms with Gasteiger partial charge in [0.15, 0.2) is 0 Å². The summed E-state index contributed by atoms with van der Waals surface area (Å²) in [5, 5.41) is 0. The van der Waals surface area contributed by atoms with Crippen LogP contribution in [0.25, 0.3) is 0 Å². The number of benzene rings is 2. The van der Waals surface area contributed by atoms with Gasteiger partial charge in [0.05, 0.1) is 6.42 Å². The molecule has 0 bridgehead atoms. The molecule has 0 heterocycles. The van der Waals surface area contributed by atoms with E-state index in [1.165, 1.54) is 0 Å². The van der Waals surface area contributed by atoms with Gasteiger partial charge in [0, 0.05) is 6.42 Å². The van der Waals surface area contributed by atoms with Crippen LogP contribution in [0.4, 0.5) is 0 Å². The normalized spacial score (nSPS) is 10.3. The van der Waals surface area contributed by atoms with Gasteiger partial charge >= 0.3 is 0 Å². The van der Waals surface area contributed by atoms with E-state index in [9.17, 15) is 4.79 Å². The number of ether oxygens (including phenoxy) is 2. The maximum atomic E-state index is 11.6. The SMILES string of the molecule is CCC(=O)CC(Oc1ccccc1)Oc1ccccc1. The molecule has 0 atom stereocenters. The predicted octanol–water partition coefficient (Wildman–Crippen LogP) is 3.84. The van der Waals surface area contributed by atoms with Gasteiger partial charge in [0.2, 0.25) is 6.29 Å². The van der Waals surface area contributed by atoms with Crippen molar-refractivity contribution in [2.24, 2.45) is 0 Å². The highest BCUT2D eigenvalue weighted by Crippen LogP contribution is 2.17. The van der Waals surface area contributed by atoms with Crippen LogP contribution in [0.1, 0.15) is 19.8 Å². The summed E-state index contributed by atoms with van der Waals surface area (Å²) in [6.07, 6.45) is 0.111. The van der Waals surface area contributed by atoms with Gasteiger partial charge in [-0.3, -0.25) is 4.79 Å². The Kier molecular flexibility index (Phi) is 5.18. The Morgan fingerprint density at radius 3 is 1.75 bits per heavy atom. The maximum Gasteiger partial charge on any atom is 0.247 e. The van der Waals surface area contributed by atoms with Crippen LogP contribution in [0.5, 0.6) is 11.5 Å². The fraction of sp³-hybridized carbons (Fsp3) is 0.235. The lowest BCUT2D eigenvalue weighted by Gasteiger charge is -2.20. The minimum atomic E-state index is -0.604. The monoisotopic (exact) mass is 270 g/mol. The first kappa shape index (κ1) is 14.1. The van der Waals surface area contributed by atoms with E-state index < -0.39 is 6.29 Å². The van der Waals surface area contributed by atoms with Crippen molar-refractivity contribution in [3.8, 4) is 11.5 Å². The first-order chi connectivity index (χ1) is 9.78. The van der Waals surface area contributed by atoms with Crippen LogP contribution in [0.3, 0.4) is 0 Å². The second-order valence-corrected chi connectivity index (χ2v) is 4.39. The maximum absolute atomic E-state index is 11.6. The highest BCUT2D eigenvalue weighted by atomic mass is 16.7. The fourth-order valence-corrected chi connectivity index (χ4v) is 1.74. The van der Waals surface area contributed by atoms with Gasteiger partial charge in [-0.2, -0.15) is 0 Å². The molecule has 0 fully saturated rings. The minimum absolute atomic E-state index is 0.113. The predicted molar refractivity (Wildman–Crippen MR) is 77.8 cm³/mol. The Labute approximate surface area is 119 Å². The van der Waals surface area contributed by atoms with Crippen molar-refractivity contribution >= 4 is 5.78 Å². The van der Waals surface area contributed by atoms with Crippen molar-refractivity contribution in [2.45, 2.75) is 26.1 Å². The van der Waals surface area contributed by atoms with Gasteiger partial charge < -0.3 is 9.47 Å². The van der Waals surface area contributed by atoms with Crippen LogP contribution < -0.4 is 9.47 Å². The van der Waals surface area contributed by atoms with Crippen molar-refractivity contribution < 1.29 is 14.3 Å². The van der Waals surface area contributed by atoms with Crippen molar-refractivity contribution in [3.63, 3.8) is 0 Å². The lowest BCUT2D eigenvalue weighted by Crippen LogP contribution is -2.27. The van der Waals surface area contributed by atoms with Gasteiger partial charge in [-0.1, -0.05) is 43.3 Å². The summed E-state index contributed by atoms with van der Waals surface area (Å²) in [6.45, 7) is 1.84. The van der Waals surface area contributed by atoms with Crippen LogP contribution in [0, 0.1) is 0 Å². The van der Waals surface area contributed by atoms with E-state index >= 15 is 0 Å². The van der Waals surface area contributed by atoms with Gasteiger partial charge in [0.25, 0.3) is 0 Å². The molecule has 0 radical (unpaired) electrons. The highest BCUT2D eigenvalue weighted by Gasteiger charge is 2.16. The van der Waals surface area contributed by atoms with E-state index in [1.54, 1.807) is 0 Å². The number of para-hydroxylation sites is 2. The molecule has 3 heteroatoms. The third kappa shape index (κ3) is 4.43. The molecule has 0 aliphatic heterocycles. The highest BCUT2D eigenvalue weighted by molar-refractivity contribution is 5.78. The van der Waals surface area contributed by atoms with Crippen LogP contribution >= 0.6 is 0 Å². The van der Waals surface area contributed by atoms with E-state index in [-0.39, 0.29) is 12.2 Å². The number of ketones is 1. The van der Waals surface area contributed by atoms with E-state index in [0.717, 1.165) is 0 Å². The molecule has 3 nitrogen and oxygen atoms in total. The quantitative estimate of drug-likeness (QED) is 0.717. The van der Waals surface area contributed by atoms with Crippen molar-refractivity contribution in [3.05, 3.63) is 60.7 Å². The molecule has 2 aromatic rings. The van der Waals surface area contributed by atoms with Gasteiger partial charge in [0.1, 0.15) is 17.3 Å². The third-order valence-corrected chi connectivity index (χ3v) is 2.81. The Hall–Kier alpha value is -2.29. The first-order valence-electron chi connectivity index (χ1n) is 6.73. The molecular formula is C17H18O3. The zero-order valence-electron chi connectivity index (χ0n) is 11.5. The molecule has 0 N–H and O–H groups in total. The summed E-state index contributed by atoms with van der Waals surface area (Å²) >= 11 is 0. The minimum Gasteiger partial charge on any atom is -0.454 e. The van der Waals surface area contributed by atoms with E-state index in [0.29, 0.717) is 17.9 Å². The van der Waals surface area contributed by atoms with E-state index in [2.05, 4.69) is 0 Å². The lowest BCUT2D eigenvalue weighted by molar-refractivity contribution is -0.124. The van der Waals surface area contributed by atoms with Gasteiger partial charge in [-0.05, 0) is 24.3 Å². The smallest absolute Gasteiger partial charge is 0.247 e. The molecule has 0 aromatic heterocycles. The molecule has 0 aliphatic carbocycles. The zero-order valence-corrected chi connectivity index (χ0v) is 11.5. The van der Waals surface area contributed by atoms with Crippen LogP contribution in [0.15, 0.2) is 60.7 Å². The summed E-state index contributed by atoms with van der Waals surface area (Å²) in [5.74, 6) is 1.50. The molecule has 0 saturated carbocycles. The topological polar surface area (TPSA) is 35.5 Å². The van der Waals surface area contributed by atoms with E-state index in [1.807, 2.05) is 67.6 Å². The van der Waals surface area contributed by atoms with Crippen molar-refractivity contribution in [1.82, 2.24) is 0 Å². The van der Waals surface area contributed by atoms with Crippen molar-refractivity contribution in [2.75, 3.05) is 0 Å². The van der Waals surface area contributed by atoms with Gasteiger partial charge in [-0.15, -0.1) is 0 Å². The Morgan fingerprint density at radius 1 is 0.900 bits per heavy atom. The molecule has 0 unspecified atom stereocenters. The molecule has 0 aliphatic rings. The Morgan fingerprint density at radius 2 is 1.35 bits per heavy atom. The second kappa shape index (κ2) is 7.34. The summed E-state index contributed by atoms with van der Waals surface area (Å²) < 4.78 is 11.5. The standard InChI is InChI=1S/C17H18O3/c1-2-14(18)13-17(19-15-9-5-3-6-10-15)20-16-11-7-4-8-12-16/h3-12,17H,2,13H2,1H3. The molecule has 20 heavy (non-hydrogen) atoms. The molecule has 104 valence electrons. The molecular weight excluding hydrogens is 252 g/mol. The second-order valence-electron chi connectivity index (χ2n) is 4.39. The molecule has 0 saturated heterocycles. The summed E-state index contributed by atoms with van der Waals surface area (Å²) in [4.78, 5) is 11.6. The summed E-state index contributed by atoms with van der Waals surface area (Å²) in [5.41, 5.74) is 0. The largest absolute Gasteiger partial charge is 0.454 e. The van der Waals surface area contributed by atoms with Crippen molar-refractivity contribution in [1.29, 1.82) is 0 Å². The number of hydrogen-bond acceptors (Lipinski definition) is 3. The average Bonchev–Trinajstić information content (AvgIpc) is 2.49. The zero-order chi connectivity index (χ0) is 14.2. The molecule has 2 rings (SSSR count). The molecule has 0 amide bonds. The van der Waals surface area contributed by atoms with Gasteiger partial charge in [-0.25, -0.2) is 0 Å². The number of carbonyl (C=O) groups is 1. The van der Waals surface area contributed by atoms with Crippen LogP contribution in [0.2, 0.25) is 0 Å². The Bertz CT molecular complexity index is 481. The third-order valence-electron chi connectivity index (χ3n) is 2.81. The lowest BCUT2D eigenvalue weighted by atomic mass is 10.2. The molecule has 2 aromatic carbocycles. The first-order valence-corrected chi connectivity index (χ1v) is 6.73. The number of hydrogen-bond donors (Lipinski definition) is 0. The number of rotatable bonds is 7. The van der Waals surface area contributed by atoms with Crippen LogP contribution in [-0.2, 0) is 4.79 Å². The molecule has 0 spiro atoms. The van der Waals surface area contributed by atoms with E-state index in [4.69, 9.17) is 9.47 Å². The number of carbonyl (C=O) groups excluding carboxylic acids is 1. The average molecular weight is 270 g/mol. The van der Waals surface area contributed by atoms with Crippen LogP contribution in [-0.4, -0.2) is 12.1 Å². The summed E-state index contributed by atoms with van der Waals surface area (Å²) in [7, 11) is 0. The summed E-state index contributed by atoms with van der Waals surface area (Å²) in [6, 6.07) is 18.7.